The molecule has 2 rings (SSSR count). The van der Waals surface area contributed by atoms with Crippen molar-refractivity contribution in [2.75, 3.05) is 37.0 Å². The summed E-state index contributed by atoms with van der Waals surface area (Å²) in [6.45, 7) is 6.59. The lowest BCUT2D eigenvalue weighted by Gasteiger charge is -2.36. The summed E-state index contributed by atoms with van der Waals surface area (Å²) in [7, 11) is 4.35. The summed E-state index contributed by atoms with van der Waals surface area (Å²) in [5.41, 5.74) is 5.50. The Balaban J connectivity index is 2.60. The van der Waals surface area contributed by atoms with Gasteiger partial charge in [-0.3, -0.25) is 0 Å². The van der Waals surface area contributed by atoms with E-state index in [-0.39, 0.29) is 0 Å². The first-order chi connectivity index (χ1) is 6.59. The Morgan fingerprint density at radius 3 is 2.36 bits per heavy atom. The van der Waals surface area contributed by atoms with Crippen LogP contribution in [0.25, 0.3) is 0 Å². The molecular weight excluding hydrogens is 172 g/mol. The lowest BCUT2D eigenvalue weighted by Crippen LogP contribution is -2.37. The molecule has 0 saturated heterocycles. The maximum absolute atomic E-state index is 2.35. The van der Waals surface area contributed by atoms with E-state index in [2.05, 4.69) is 49.9 Å². The number of nitrogens with zero attached hydrogens (tertiary/aromatic N) is 2. The van der Waals surface area contributed by atoms with Crippen LogP contribution in [0, 0.1) is 13.8 Å². The minimum Gasteiger partial charge on any atom is -0.371 e. The van der Waals surface area contributed by atoms with E-state index in [4.69, 9.17) is 0 Å². The SMILES string of the molecule is Cc1cc(C)c2c(c1)N(C)CCN2C. The molecule has 0 bridgehead atoms. The molecule has 0 N–H and O–H groups in total. The highest BCUT2D eigenvalue weighted by Gasteiger charge is 2.19. The molecule has 2 heteroatoms. The Kier molecular flexibility index (Phi) is 2.14. The van der Waals surface area contributed by atoms with E-state index < -0.39 is 0 Å². The zero-order valence-electron chi connectivity index (χ0n) is 9.46. The third-order valence-electron chi connectivity index (χ3n) is 2.99. The van der Waals surface area contributed by atoms with E-state index >= 15 is 0 Å². The molecule has 0 atom stereocenters. The minimum atomic E-state index is 1.12. The topological polar surface area (TPSA) is 6.48 Å². The summed E-state index contributed by atoms with van der Waals surface area (Å²) in [6, 6.07) is 4.53. The first-order valence-electron chi connectivity index (χ1n) is 5.13. The predicted molar refractivity (Wildman–Crippen MR) is 62.5 cm³/mol. The van der Waals surface area contributed by atoms with E-state index in [0.29, 0.717) is 0 Å². The van der Waals surface area contributed by atoms with Gasteiger partial charge >= 0.3 is 0 Å². The highest BCUT2D eigenvalue weighted by Crippen LogP contribution is 2.35. The molecule has 1 aromatic rings. The molecule has 0 fully saturated rings. The third kappa shape index (κ3) is 1.35. The zero-order chi connectivity index (χ0) is 10.3. The number of benzene rings is 1. The largest absolute Gasteiger partial charge is 0.371 e. The summed E-state index contributed by atoms with van der Waals surface area (Å²) in [5.74, 6) is 0. The van der Waals surface area contributed by atoms with Crippen molar-refractivity contribution in [3.05, 3.63) is 23.3 Å². The second-order valence-corrected chi connectivity index (χ2v) is 4.29. The maximum atomic E-state index is 2.35. The summed E-state index contributed by atoms with van der Waals surface area (Å²) in [4.78, 5) is 4.69. The van der Waals surface area contributed by atoms with Crippen LogP contribution < -0.4 is 9.80 Å². The summed E-state index contributed by atoms with van der Waals surface area (Å²) < 4.78 is 0. The van der Waals surface area contributed by atoms with Crippen molar-refractivity contribution < 1.29 is 0 Å². The van der Waals surface area contributed by atoms with Crippen molar-refractivity contribution in [2.45, 2.75) is 13.8 Å². The van der Waals surface area contributed by atoms with Gasteiger partial charge in [-0.25, -0.2) is 0 Å². The number of hydrogen-bond donors (Lipinski definition) is 0. The molecule has 0 saturated carbocycles. The minimum absolute atomic E-state index is 1.12. The zero-order valence-corrected chi connectivity index (χ0v) is 9.46. The van der Waals surface area contributed by atoms with Gasteiger partial charge in [0.2, 0.25) is 0 Å². The van der Waals surface area contributed by atoms with Crippen LogP contribution in [0.15, 0.2) is 12.1 Å². The van der Waals surface area contributed by atoms with Crippen molar-refractivity contribution in [1.29, 1.82) is 0 Å². The molecule has 0 aromatic heterocycles. The Morgan fingerprint density at radius 1 is 1.00 bits per heavy atom. The Morgan fingerprint density at radius 2 is 1.64 bits per heavy atom. The fraction of sp³-hybridized carbons (Fsp3) is 0.500. The second-order valence-electron chi connectivity index (χ2n) is 4.29. The van der Waals surface area contributed by atoms with Crippen LogP contribution in [-0.2, 0) is 0 Å². The van der Waals surface area contributed by atoms with Gasteiger partial charge in [0.15, 0.2) is 0 Å². The molecule has 1 heterocycles. The van der Waals surface area contributed by atoms with Crippen LogP contribution in [0.4, 0.5) is 11.4 Å². The number of aryl methyl sites for hydroxylation is 2. The van der Waals surface area contributed by atoms with Gasteiger partial charge in [0.05, 0.1) is 11.4 Å². The monoisotopic (exact) mass is 190 g/mol. The molecule has 0 unspecified atom stereocenters. The normalized spacial score (nSPS) is 15.7. The van der Waals surface area contributed by atoms with Crippen LogP contribution in [0.5, 0.6) is 0 Å². The average Bonchev–Trinajstić information content (AvgIpc) is 2.10. The lowest BCUT2D eigenvalue weighted by molar-refractivity contribution is 0.794. The lowest BCUT2D eigenvalue weighted by atomic mass is 10.0. The molecule has 14 heavy (non-hydrogen) atoms. The van der Waals surface area contributed by atoms with Crippen LogP contribution in [0.2, 0.25) is 0 Å². The fourth-order valence-electron chi connectivity index (χ4n) is 2.26. The van der Waals surface area contributed by atoms with Crippen LogP contribution in [0.3, 0.4) is 0 Å². The van der Waals surface area contributed by atoms with E-state index in [1.165, 1.54) is 22.5 Å². The average molecular weight is 190 g/mol. The van der Waals surface area contributed by atoms with Gasteiger partial charge in [-0.1, -0.05) is 6.07 Å². The maximum Gasteiger partial charge on any atom is 0.0631 e. The van der Waals surface area contributed by atoms with Gasteiger partial charge in [-0.15, -0.1) is 0 Å². The first-order valence-corrected chi connectivity index (χ1v) is 5.13. The molecule has 1 aliphatic heterocycles. The molecule has 2 nitrogen and oxygen atoms in total. The van der Waals surface area contributed by atoms with Crippen LogP contribution in [-0.4, -0.2) is 27.2 Å². The predicted octanol–water partition coefficient (Wildman–Crippen LogP) is 2.19. The van der Waals surface area contributed by atoms with Crippen molar-refractivity contribution >= 4 is 11.4 Å². The molecule has 0 spiro atoms. The Hall–Kier alpha value is -1.18. The van der Waals surface area contributed by atoms with Gasteiger partial charge in [-0.05, 0) is 31.0 Å². The van der Waals surface area contributed by atoms with Gasteiger partial charge in [-0.2, -0.15) is 0 Å². The first kappa shape index (κ1) is 9.38. The summed E-state index contributed by atoms with van der Waals surface area (Å²) in [6.07, 6.45) is 0. The van der Waals surface area contributed by atoms with Gasteiger partial charge < -0.3 is 9.80 Å². The highest BCUT2D eigenvalue weighted by molar-refractivity contribution is 5.77. The quantitative estimate of drug-likeness (QED) is 0.618. The second kappa shape index (κ2) is 3.19. The Bertz CT molecular complexity index is 358. The van der Waals surface area contributed by atoms with Crippen molar-refractivity contribution in [1.82, 2.24) is 0 Å². The van der Waals surface area contributed by atoms with E-state index in [1.807, 2.05) is 0 Å². The number of hydrogen-bond acceptors (Lipinski definition) is 2. The third-order valence-corrected chi connectivity index (χ3v) is 2.99. The van der Waals surface area contributed by atoms with E-state index in [0.717, 1.165) is 13.1 Å². The molecule has 0 amide bonds. The molecule has 1 aromatic carbocycles. The smallest absolute Gasteiger partial charge is 0.0631 e. The fourth-order valence-corrected chi connectivity index (χ4v) is 2.26. The Labute approximate surface area is 86.1 Å². The molecular formula is C12H18N2. The van der Waals surface area contributed by atoms with Gasteiger partial charge in [0, 0.05) is 27.2 Å². The summed E-state index contributed by atoms with van der Waals surface area (Å²) >= 11 is 0. The van der Waals surface area contributed by atoms with Crippen LogP contribution in [0.1, 0.15) is 11.1 Å². The number of likely N-dealkylation sites (N-methyl/N-ethyl adjacent to an activating group) is 2. The van der Waals surface area contributed by atoms with Crippen molar-refractivity contribution in [3.63, 3.8) is 0 Å². The number of rotatable bonds is 0. The highest BCUT2D eigenvalue weighted by atomic mass is 15.2. The van der Waals surface area contributed by atoms with Gasteiger partial charge in [0.25, 0.3) is 0 Å². The van der Waals surface area contributed by atoms with E-state index in [9.17, 15) is 0 Å². The van der Waals surface area contributed by atoms with Crippen molar-refractivity contribution in [3.8, 4) is 0 Å². The number of fused-ring (bicyclic) bond motifs is 1. The van der Waals surface area contributed by atoms with Gasteiger partial charge in [0.1, 0.15) is 0 Å². The summed E-state index contributed by atoms with van der Waals surface area (Å²) in [5, 5.41) is 0. The standard InChI is InChI=1S/C12H18N2/c1-9-7-10(2)12-11(8-9)13(3)5-6-14(12)4/h7-8H,5-6H2,1-4H3. The molecule has 0 aliphatic carbocycles. The van der Waals surface area contributed by atoms with Crippen LogP contribution >= 0.6 is 0 Å². The number of anilines is 2. The van der Waals surface area contributed by atoms with Crippen molar-refractivity contribution in [2.24, 2.45) is 0 Å². The molecule has 76 valence electrons. The van der Waals surface area contributed by atoms with E-state index in [1.54, 1.807) is 0 Å². The molecule has 0 radical (unpaired) electrons. The molecule has 1 aliphatic rings.